The fraction of sp³-hybridized carbons (Fsp3) is 0.583. The van der Waals surface area contributed by atoms with Crippen LogP contribution in [0.1, 0.15) is 36.3 Å². The number of rotatable bonds is 2. The zero-order valence-electron chi connectivity index (χ0n) is 9.26. The molecule has 0 fully saturated rings. The molecule has 1 atom stereocenters. The molecule has 1 N–H and O–H groups in total. The maximum atomic E-state index is 9.17. The third-order valence-electron chi connectivity index (χ3n) is 2.96. The van der Waals surface area contributed by atoms with Gasteiger partial charge in [-0.1, -0.05) is 6.92 Å². The van der Waals surface area contributed by atoms with Crippen LogP contribution in [0.4, 0.5) is 5.00 Å². The maximum absolute atomic E-state index is 9.17. The zero-order valence-corrected chi connectivity index (χ0v) is 10.1. The van der Waals surface area contributed by atoms with Crippen LogP contribution in [0.25, 0.3) is 0 Å². The largest absolute Gasteiger partial charge is 0.376 e. The summed E-state index contributed by atoms with van der Waals surface area (Å²) in [5.74, 6) is 0.775. The Bertz CT molecular complexity index is 400. The van der Waals surface area contributed by atoms with Gasteiger partial charge in [-0.05, 0) is 37.7 Å². The number of hydrogen-bond donors (Lipinski definition) is 1. The van der Waals surface area contributed by atoms with Gasteiger partial charge in [-0.2, -0.15) is 5.26 Å². The van der Waals surface area contributed by atoms with E-state index >= 15 is 0 Å². The van der Waals surface area contributed by atoms with Gasteiger partial charge in [0.25, 0.3) is 0 Å². The van der Waals surface area contributed by atoms with E-state index < -0.39 is 0 Å². The van der Waals surface area contributed by atoms with Crippen molar-refractivity contribution in [3.63, 3.8) is 0 Å². The van der Waals surface area contributed by atoms with Crippen molar-refractivity contribution in [2.45, 2.75) is 33.1 Å². The van der Waals surface area contributed by atoms with E-state index in [0.717, 1.165) is 35.9 Å². The van der Waals surface area contributed by atoms with E-state index in [1.807, 2.05) is 0 Å². The highest BCUT2D eigenvalue weighted by Gasteiger charge is 2.23. The minimum absolute atomic E-state index is 0.775. The SMILES string of the molecule is CCNc1sc2c(c1C#N)CC[C@H](C)C2. The molecule has 0 saturated carbocycles. The maximum Gasteiger partial charge on any atom is 0.107 e. The lowest BCUT2D eigenvalue weighted by molar-refractivity contribution is 0.507. The van der Waals surface area contributed by atoms with E-state index in [0.29, 0.717) is 0 Å². The van der Waals surface area contributed by atoms with Crippen molar-refractivity contribution >= 4 is 16.3 Å². The van der Waals surface area contributed by atoms with Crippen LogP contribution < -0.4 is 5.32 Å². The van der Waals surface area contributed by atoms with Crippen LogP contribution >= 0.6 is 11.3 Å². The highest BCUT2D eigenvalue weighted by molar-refractivity contribution is 7.16. The van der Waals surface area contributed by atoms with Crippen LogP contribution in [0.15, 0.2) is 0 Å². The summed E-state index contributed by atoms with van der Waals surface area (Å²) >= 11 is 1.78. The molecule has 0 bridgehead atoms. The molecule has 3 heteroatoms. The van der Waals surface area contributed by atoms with E-state index in [1.54, 1.807) is 11.3 Å². The first-order valence-corrected chi connectivity index (χ1v) is 6.36. The van der Waals surface area contributed by atoms with Gasteiger partial charge in [0.05, 0.1) is 5.56 Å². The Morgan fingerprint density at radius 3 is 3.07 bits per heavy atom. The Labute approximate surface area is 94.9 Å². The van der Waals surface area contributed by atoms with Gasteiger partial charge in [-0.15, -0.1) is 11.3 Å². The second-order valence-corrected chi connectivity index (χ2v) is 5.30. The minimum Gasteiger partial charge on any atom is -0.376 e. The molecule has 0 aliphatic heterocycles. The van der Waals surface area contributed by atoms with Crippen LogP contribution in [0.5, 0.6) is 0 Å². The Balaban J connectivity index is 2.40. The topological polar surface area (TPSA) is 35.8 Å². The summed E-state index contributed by atoms with van der Waals surface area (Å²) in [6.45, 7) is 5.26. The predicted molar refractivity (Wildman–Crippen MR) is 64.4 cm³/mol. The van der Waals surface area contributed by atoms with Gasteiger partial charge in [0.1, 0.15) is 11.1 Å². The summed E-state index contributed by atoms with van der Waals surface area (Å²) in [5, 5.41) is 13.6. The van der Waals surface area contributed by atoms with Crippen molar-refractivity contribution in [2.75, 3.05) is 11.9 Å². The van der Waals surface area contributed by atoms with Crippen molar-refractivity contribution in [3.8, 4) is 6.07 Å². The van der Waals surface area contributed by atoms with Crippen LogP contribution in [0, 0.1) is 17.2 Å². The molecule has 1 aliphatic rings. The van der Waals surface area contributed by atoms with Crippen LogP contribution in [-0.2, 0) is 12.8 Å². The average Bonchev–Trinajstić information content (AvgIpc) is 2.54. The molecule has 0 saturated heterocycles. The molecule has 15 heavy (non-hydrogen) atoms. The summed E-state index contributed by atoms with van der Waals surface area (Å²) in [4.78, 5) is 1.43. The van der Waals surface area contributed by atoms with Gasteiger partial charge in [-0.25, -0.2) is 0 Å². The van der Waals surface area contributed by atoms with Gasteiger partial charge >= 0.3 is 0 Å². The lowest BCUT2D eigenvalue weighted by atomic mass is 9.89. The quantitative estimate of drug-likeness (QED) is 0.831. The summed E-state index contributed by atoms with van der Waals surface area (Å²) in [6.07, 6.45) is 3.46. The molecule has 0 aromatic carbocycles. The number of fused-ring (bicyclic) bond motifs is 1. The fourth-order valence-electron chi connectivity index (χ4n) is 2.15. The molecule has 2 rings (SSSR count). The van der Waals surface area contributed by atoms with E-state index in [9.17, 15) is 5.26 Å². The number of nitrogens with zero attached hydrogens (tertiary/aromatic N) is 1. The van der Waals surface area contributed by atoms with Crippen molar-refractivity contribution in [2.24, 2.45) is 5.92 Å². The predicted octanol–water partition coefficient (Wildman–Crippen LogP) is 3.18. The number of thiophene rings is 1. The number of nitriles is 1. The van der Waals surface area contributed by atoms with Crippen LogP contribution in [0.2, 0.25) is 0 Å². The van der Waals surface area contributed by atoms with Gasteiger partial charge in [0.15, 0.2) is 0 Å². The minimum atomic E-state index is 0.775. The fourth-order valence-corrected chi connectivity index (χ4v) is 3.58. The lowest BCUT2D eigenvalue weighted by Gasteiger charge is -2.17. The number of hydrogen-bond acceptors (Lipinski definition) is 3. The van der Waals surface area contributed by atoms with E-state index in [-0.39, 0.29) is 0 Å². The molecule has 0 amide bonds. The third kappa shape index (κ3) is 1.87. The summed E-state index contributed by atoms with van der Waals surface area (Å²) < 4.78 is 0. The molecule has 1 aromatic heterocycles. The van der Waals surface area contributed by atoms with Crippen LogP contribution in [0.3, 0.4) is 0 Å². The van der Waals surface area contributed by atoms with Gasteiger partial charge in [0, 0.05) is 11.4 Å². The van der Waals surface area contributed by atoms with Gasteiger partial charge in [0.2, 0.25) is 0 Å². The summed E-state index contributed by atoms with van der Waals surface area (Å²) in [5.41, 5.74) is 2.22. The number of nitrogens with one attached hydrogen (secondary N) is 1. The molecule has 80 valence electrons. The smallest absolute Gasteiger partial charge is 0.107 e. The molecule has 1 aliphatic carbocycles. The standard InChI is InChI=1S/C12H16N2S/c1-3-14-12-10(7-13)9-5-4-8(2)6-11(9)15-12/h8,14H,3-6H2,1-2H3/t8-/m0/s1. The molecular formula is C12H16N2S. The van der Waals surface area contributed by atoms with Crippen LogP contribution in [-0.4, -0.2) is 6.54 Å². The van der Waals surface area contributed by atoms with Gasteiger partial charge < -0.3 is 5.32 Å². The van der Waals surface area contributed by atoms with E-state index in [1.165, 1.54) is 16.9 Å². The Morgan fingerprint density at radius 1 is 1.60 bits per heavy atom. The Morgan fingerprint density at radius 2 is 2.40 bits per heavy atom. The zero-order chi connectivity index (χ0) is 10.8. The Hall–Kier alpha value is -1.01. The summed E-state index contributed by atoms with van der Waals surface area (Å²) in [7, 11) is 0. The lowest BCUT2D eigenvalue weighted by Crippen LogP contribution is -2.09. The average molecular weight is 220 g/mol. The van der Waals surface area contributed by atoms with Crippen molar-refractivity contribution < 1.29 is 0 Å². The molecule has 1 heterocycles. The molecule has 1 aromatic rings. The second-order valence-electron chi connectivity index (χ2n) is 4.20. The van der Waals surface area contributed by atoms with E-state index in [4.69, 9.17) is 0 Å². The van der Waals surface area contributed by atoms with Crippen molar-refractivity contribution in [1.29, 1.82) is 5.26 Å². The van der Waals surface area contributed by atoms with Gasteiger partial charge in [-0.3, -0.25) is 0 Å². The Kier molecular flexibility index (Phi) is 2.97. The summed E-state index contributed by atoms with van der Waals surface area (Å²) in [6, 6.07) is 2.35. The first kappa shape index (κ1) is 10.5. The molecule has 2 nitrogen and oxygen atoms in total. The van der Waals surface area contributed by atoms with E-state index in [2.05, 4.69) is 25.2 Å². The number of anilines is 1. The molecule has 0 spiro atoms. The monoisotopic (exact) mass is 220 g/mol. The highest BCUT2D eigenvalue weighted by atomic mass is 32.1. The molecule has 0 radical (unpaired) electrons. The first-order chi connectivity index (χ1) is 7.26. The highest BCUT2D eigenvalue weighted by Crippen LogP contribution is 2.38. The van der Waals surface area contributed by atoms with Crippen molar-refractivity contribution in [1.82, 2.24) is 0 Å². The normalized spacial score (nSPS) is 19.4. The first-order valence-electron chi connectivity index (χ1n) is 5.54. The molecule has 0 unspecified atom stereocenters. The second kappa shape index (κ2) is 4.24. The third-order valence-corrected chi connectivity index (χ3v) is 4.17. The molecular weight excluding hydrogens is 204 g/mol. The van der Waals surface area contributed by atoms with Crippen molar-refractivity contribution in [3.05, 3.63) is 16.0 Å².